The van der Waals surface area contributed by atoms with Crippen LogP contribution >= 0.6 is 0 Å². The highest BCUT2D eigenvalue weighted by Gasteiger charge is 2.39. The zero-order valence-electron chi connectivity index (χ0n) is 16.8. The van der Waals surface area contributed by atoms with Gasteiger partial charge < -0.3 is 9.47 Å². The molecule has 3 aromatic rings. The molecule has 3 aromatic carbocycles. The lowest BCUT2D eigenvalue weighted by atomic mass is 10.2. The van der Waals surface area contributed by atoms with Crippen molar-refractivity contribution in [1.29, 1.82) is 0 Å². The van der Waals surface area contributed by atoms with Crippen LogP contribution in [0.3, 0.4) is 0 Å². The molecule has 31 heavy (non-hydrogen) atoms. The van der Waals surface area contributed by atoms with E-state index in [0.717, 1.165) is 21.5 Å². The number of ether oxygens (including phenoxy) is 2. The Kier molecular flexibility index (Phi) is 5.93. The van der Waals surface area contributed by atoms with Crippen molar-refractivity contribution in [3.8, 4) is 5.75 Å². The monoisotopic (exact) mass is 445 g/mol. The van der Waals surface area contributed by atoms with Gasteiger partial charge in [0.2, 0.25) is 5.82 Å². The molecule has 4 rings (SSSR count). The normalized spacial score (nSPS) is 16.0. The molecule has 0 bridgehead atoms. The summed E-state index contributed by atoms with van der Waals surface area (Å²) < 4.78 is 67.3. The van der Waals surface area contributed by atoms with Crippen molar-refractivity contribution in [1.82, 2.24) is 0 Å². The Bertz CT molecular complexity index is 1170. The van der Waals surface area contributed by atoms with Gasteiger partial charge in [0.25, 0.3) is 10.0 Å². The van der Waals surface area contributed by atoms with Crippen molar-refractivity contribution in [3.63, 3.8) is 0 Å². The summed E-state index contributed by atoms with van der Waals surface area (Å²) in [5.41, 5.74) is 1.77. The van der Waals surface area contributed by atoms with Gasteiger partial charge in [-0.2, -0.15) is 4.39 Å². The fourth-order valence-corrected chi connectivity index (χ4v) is 5.05. The Morgan fingerprint density at radius 3 is 2.45 bits per heavy atom. The third-order valence-corrected chi connectivity index (χ3v) is 6.90. The van der Waals surface area contributed by atoms with E-state index in [1.54, 1.807) is 12.1 Å². The molecule has 1 heterocycles. The maximum absolute atomic E-state index is 14.3. The molecular weight excluding hydrogens is 424 g/mol. The zero-order valence-corrected chi connectivity index (χ0v) is 17.6. The first-order valence-corrected chi connectivity index (χ1v) is 11.2. The van der Waals surface area contributed by atoms with Gasteiger partial charge in [-0.3, -0.25) is 4.31 Å². The van der Waals surface area contributed by atoms with E-state index in [2.05, 4.69) is 0 Å². The van der Waals surface area contributed by atoms with Crippen LogP contribution in [-0.4, -0.2) is 27.7 Å². The number of hydrogen-bond acceptors (Lipinski definition) is 4. The number of nitrogens with zero attached hydrogens (tertiary/aromatic N) is 1. The molecule has 0 unspecified atom stereocenters. The molecule has 1 atom stereocenters. The molecule has 0 fully saturated rings. The Hall–Kier alpha value is -2.97. The summed E-state index contributed by atoms with van der Waals surface area (Å²) in [5, 5.41) is 0. The molecule has 0 saturated heterocycles. The van der Waals surface area contributed by atoms with Gasteiger partial charge in [0.15, 0.2) is 11.6 Å². The van der Waals surface area contributed by atoms with Crippen LogP contribution in [-0.2, 0) is 21.4 Å². The maximum Gasteiger partial charge on any atom is 0.264 e. The highest BCUT2D eigenvalue weighted by Crippen LogP contribution is 2.40. The average Bonchev–Trinajstić information content (AvgIpc) is 2.77. The van der Waals surface area contributed by atoms with Gasteiger partial charge in [-0.25, -0.2) is 12.8 Å². The van der Waals surface area contributed by atoms with Crippen LogP contribution in [0.5, 0.6) is 5.75 Å². The third-order valence-electron chi connectivity index (χ3n) is 5.02. The molecule has 1 aliphatic heterocycles. The SMILES string of the molecule is Cc1ccc(S(=O)(=O)N2c3ccc(F)c(F)c3OC[C@@H]2COCc2ccccc2)cc1. The molecule has 5 nitrogen and oxygen atoms in total. The van der Waals surface area contributed by atoms with Crippen LogP contribution in [0.15, 0.2) is 71.6 Å². The van der Waals surface area contributed by atoms with Crippen LogP contribution in [0.2, 0.25) is 0 Å². The summed E-state index contributed by atoms with van der Waals surface area (Å²) in [4.78, 5) is 0.0451. The van der Waals surface area contributed by atoms with Crippen LogP contribution in [0.25, 0.3) is 0 Å². The van der Waals surface area contributed by atoms with Gasteiger partial charge in [-0.1, -0.05) is 48.0 Å². The number of benzene rings is 3. The molecule has 0 aromatic heterocycles. The predicted molar refractivity (Wildman–Crippen MR) is 113 cm³/mol. The molecule has 0 amide bonds. The topological polar surface area (TPSA) is 55.8 Å². The fourth-order valence-electron chi connectivity index (χ4n) is 3.43. The quantitative estimate of drug-likeness (QED) is 0.563. The molecule has 0 N–H and O–H groups in total. The predicted octanol–water partition coefficient (Wildman–Crippen LogP) is 4.45. The number of hydrogen-bond donors (Lipinski definition) is 0. The van der Waals surface area contributed by atoms with Crippen molar-refractivity contribution < 1.29 is 26.7 Å². The largest absolute Gasteiger partial charge is 0.486 e. The first-order valence-electron chi connectivity index (χ1n) is 9.71. The van der Waals surface area contributed by atoms with Gasteiger partial charge in [-0.05, 0) is 36.8 Å². The highest BCUT2D eigenvalue weighted by molar-refractivity contribution is 7.92. The molecule has 0 spiro atoms. The first kappa shape index (κ1) is 21.3. The number of halogens is 2. The van der Waals surface area contributed by atoms with Crippen molar-refractivity contribution in [3.05, 3.63) is 89.5 Å². The molecular formula is C23H21F2NO4S. The minimum atomic E-state index is -4.08. The van der Waals surface area contributed by atoms with Gasteiger partial charge in [0.1, 0.15) is 12.6 Å². The number of rotatable bonds is 6. The second kappa shape index (κ2) is 8.64. The van der Waals surface area contributed by atoms with E-state index >= 15 is 0 Å². The minimum Gasteiger partial charge on any atom is -0.486 e. The van der Waals surface area contributed by atoms with Gasteiger partial charge in [0.05, 0.1) is 23.8 Å². The van der Waals surface area contributed by atoms with Crippen LogP contribution < -0.4 is 9.04 Å². The van der Waals surface area contributed by atoms with Crippen molar-refractivity contribution in [2.75, 3.05) is 17.5 Å². The van der Waals surface area contributed by atoms with Crippen molar-refractivity contribution in [2.45, 2.75) is 24.5 Å². The number of fused-ring (bicyclic) bond motifs is 1. The smallest absolute Gasteiger partial charge is 0.264 e. The number of anilines is 1. The van der Waals surface area contributed by atoms with Crippen molar-refractivity contribution in [2.24, 2.45) is 0 Å². The van der Waals surface area contributed by atoms with Crippen molar-refractivity contribution >= 4 is 15.7 Å². The standard InChI is InChI=1S/C23H21F2NO4S/c1-16-7-9-19(10-8-16)31(27,28)26-18(14-29-13-17-5-3-2-4-6-17)15-30-23-21(26)12-11-20(24)22(23)25/h2-12,18H,13-15H2,1H3/t18-/m0/s1. The second-order valence-corrected chi connectivity index (χ2v) is 9.10. The summed E-state index contributed by atoms with van der Waals surface area (Å²) in [7, 11) is -4.08. The van der Waals surface area contributed by atoms with E-state index < -0.39 is 33.4 Å². The molecule has 0 aliphatic carbocycles. The number of aryl methyl sites for hydroxylation is 1. The minimum absolute atomic E-state index is 0.0123. The summed E-state index contributed by atoms with van der Waals surface area (Å²) in [5.74, 6) is -2.74. The fraction of sp³-hybridized carbons (Fsp3) is 0.217. The maximum atomic E-state index is 14.3. The molecule has 8 heteroatoms. The van der Waals surface area contributed by atoms with E-state index in [-0.39, 0.29) is 30.4 Å². The van der Waals surface area contributed by atoms with E-state index in [4.69, 9.17) is 9.47 Å². The molecule has 1 aliphatic rings. The van der Waals surface area contributed by atoms with Crippen LogP contribution in [0, 0.1) is 18.6 Å². The lowest BCUT2D eigenvalue weighted by Crippen LogP contribution is -2.49. The second-order valence-electron chi connectivity index (χ2n) is 7.29. The van der Waals surface area contributed by atoms with Crippen LogP contribution in [0.4, 0.5) is 14.5 Å². The average molecular weight is 445 g/mol. The van der Waals surface area contributed by atoms with E-state index in [9.17, 15) is 17.2 Å². The first-order chi connectivity index (χ1) is 14.9. The van der Waals surface area contributed by atoms with E-state index in [1.165, 1.54) is 18.2 Å². The van der Waals surface area contributed by atoms with E-state index in [1.807, 2.05) is 37.3 Å². The zero-order chi connectivity index (χ0) is 22.0. The summed E-state index contributed by atoms with van der Waals surface area (Å²) >= 11 is 0. The molecule has 0 radical (unpaired) electrons. The summed E-state index contributed by atoms with van der Waals surface area (Å²) in [6, 6.07) is 17.1. The summed E-state index contributed by atoms with van der Waals surface area (Å²) in [6.07, 6.45) is 0. The Morgan fingerprint density at radius 2 is 1.74 bits per heavy atom. The Labute approximate surface area is 179 Å². The van der Waals surface area contributed by atoms with Gasteiger partial charge in [0, 0.05) is 0 Å². The lowest BCUT2D eigenvalue weighted by molar-refractivity contribution is 0.0902. The highest BCUT2D eigenvalue weighted by atomic mass is 32.2. The third kappa shape index (κ3) is 4.26. The van der Waals surface area contributed by atoms with Crippen LogP contribution in [0.1, 0.15) is 11.1 Å². The van der Waals surface area contributed by atoms with Gasteiger partial charge >= 0.3 is 0 Å². The summed E-state index contributed by atoms with van der Waals surface area (Å²) in [6.45, 7) is 1.96. The lowest BCUT2D eigenvalue weighted by Gasteiger charge is -2.37. The Balaban J connectivity index is 1.68. The van der Waals surface area contributed by atoms with Gasteiger partial charge in [-0.15, -0.1) is 0 Å². The molecule has 162 valence electrons. The Morgan fingerprint density at radius 1 is 1.03 bits per heavy atom. The van der Waals surface area contributed by atoms with E-state index in [0.29, 0.717) is 0 Å². The number of sulfonamides is 1. The molecule has 0 saturated carbocycles.